The predicted molar refractivity (Wildman–Crippen MR) is 129 cm³/mol. The van der Waals surface area contributed by atoms with Gasteiger partial charge >= 0.3 is 0 Å². The second-order valence-electron chi connectivity index (χ2n) is 6.68. The molecule has 0 fully saturated rings. The van der Waals surface area contributed by atoms with Gasteiger partial charge < -0.3 is 15.2 Å². The summed E-state index contributed by atoms with van der Waals surface area (Å²) in [6.07, 6.45) is 13.9. The van der Waals surface area contributed by atoms with Gasteiger partial charge in [0.15, 0.2) is 0 Å². The van der Waals surface area contributed by atoms with Gasteiger partial charge in [-0.15, -0.1) is 12.8 Å². The van der Waals surface area contributed by atoms with Crippen molar-refractivity contribution < 1.29 is 14.2 Å². The SMILES string of the molecule is C#C.C/C=C(C)/C(C)=C/Nc1ncc(-c2cccc(O)c2)cc1C.CO/C(C)=C(/C)F. The number of halogens is 1. The number of terminal acetylenes is 1. The van der Waals surface area contributed by atoms with Crippen LogP contribution >= 0.6 is 0 Å². The molecular weight excluding hydrogens is 391 g/mol. The number of aryl methyl sites for hydroxylation is 1. The van der Waals surface area contributed by atoms with E-state index in [4.69, 9.17) is 0 Å². The molecule has 31 heavy (non-hydrogen) atoms. The summed E-state index contributed by atoms with van der Waals surface area (Å²) < 4.78 is 16.4. The number of allylic oxidation sites excluding steroid dienone is 5. The van der Waals surface area contributed by atoms with Gasteiger partial charge in [0.1, 0.15) is 23.2 Å². The summed E-state index contributed by atoms with van der Waals surface area (Å²) in [5.74, 6) is 1.19. The zero-order valence-electron chi connectivity index (χ0n) is 19.5. The lowest BCUT2D eigenvalue weighted by Crippen LogP contribution is -1.97. The number of benzene rings is 1. The first-order valence-corrected chi connectivity index (χ1v) is 9.72. The summed E-state index contributed by atoms with van der Waals surface area (Å²) in [4.78, 5) is 4.48. The molecule has 4 nitrogen and oxygen atoms in total. The van der Waals surface area contributed by atoms with Crippen LogP contribution in [0.25, 0.3) is 11.1 Å². The molecule has 2 aromatic rings. The largest absolute Gasteiger partial charge is 0.508 e. The van der Waals surface area contributed by atoms with Crippen molar-refractivity contribution in [1.29, 1.82) is 0 Å². The van der Waals surface area contributed by atoms with Gasteiger partial charge in [-0.05, 0) is 76.4 Å². The Morgan fingerprint density at radius 1 is 1.10 bits per heavy atom. The number of aromatic hydroxyl groups is 1. The molecule has 1 aromatic carbocycles. The number of ether oxygens (including phenoxy) is 1. The predicted octanol–water partition coefficient (Wildman–Crippen LogP) is 7.15. The molecule has 2 rings (SSSR count). The van der Waals surface area contributed by atoms with Crippen molar-refractivity contribution in [1.82, 2.24) is 4.98 Å². The fraction of sp³-hybridized carbons (Fsp3) is 0.269. The van der Waals surface area contributed by atoms with Crippen molar-refractivity contribution in [3.8, 4) is 29.7 Å². The van der Waals surface area contributed by atoms with Gasteiger partial charge in [-0.3, -0.25) is 0 Å². The van der Waals surface area contributed by atoms with Crippen molar-refractivity contribution in [2.24, 2.45) is 0 Å². The topological polar surface area (TPSA) is 54.4 Å². The summed E-state index contributed by atoms with van der Waals surface area (Å²) in [7, 11) is 1.44. The van der Waals surface area contributed by atoms with Crippen LogP contribution in [0.5, 0.6) is 5.75 Å². The van der Waals surface area contributed by atoms with E-state index >= 15 is 0 Å². The molecule has 0 atom stereocenters. The monoisotopic (exact) mass is 424 g/mol. The van der Waals surface area contributed by atoms with Crippen LogP contribution in [0, 0.1) is 19.8 Å². The van der Waals surface area contributed by atoms with E-state index in [-0.39, 0.29) is 11.6 Å². The van der Waals surface area contributed by atoms with E-state index in [0.717, 1.165) is 22.5 Å². The Morgan fingerprint density at radius 3 is 2.19 bits per heavy atom. The van der Waals surface area contributed by atoms with Crippen molar-refractivity contribution in [3.05, 3.63) is 77.1 Å². The van der Waals surface area contributed by atoms with Gasteiger partial charge in [0.25, 0.3) is 0 Å². The molecular formula is C26H33FN2O2. The Bertz CT molecular complexity index is 953. The van der Waals surface area contributed by atoms with Crippen LogP contribution in [0.3, 0.4) is 0 Å². The number of phenolic OH excluding ortho intramolecular Hbond substituents is 1. The van der Waals surface area contributed by atoms with Crippen LogP contribution in [0.1, 0.15) is 40.2 Å². The molecule has 0 aliphatic carbocycles. The second-order valence-corrected chi connectivity index (χ2v) is 6.68. The first-order valence-electron chi connectivity index (χ1n) is 9.72. The third-order valence-corrected chi connectivity index (χ3v) is 4.53. The highest BCUT2D eigenvalue weighted by Gasteiger charge is 2.04. The smallest absolute Gasteiger partial charge is 0.134 e. The third kappa shape index (κ3) is 9.68. The van der Waals surface area contributed by atoms with Crippen molar-refractivity contribution >= 4 is 5.82 Å². The molecule has 0 saturated carbocycles. The molecule has 1 heterocycles. The van der Waals surface area contributed by atoms with E-state index in [1.165, 1.54) is 25.2 Å². The summed E-state index contributed by atoms with van der Waals surface area (Å²) in [6, 6.07) is 9.26. The van der Waals surface area contributed by atoms with E-state index in [1.54, 1.807) is 19.1 Å². The molecule has 0 spiro atoms. The number of hydrogen-bond donors (Lipinski definition) is 2. The molecule has 0 amide bonds. The van der Waals surface area contributed by atoms with Crippen LogP contribution in [0.4, 0.5) is 10.2 Å². The Morgan fingerprint density at radius 2 is 1.74 bits per heavy atom. The van der Waals surface area contributed by atoms with Crippen LogP contribution < -0.4 is 5.32 Å². The van der Waals surface area contributed by atoms with Gasteiger partial charge in [0, 0.05) is 18.0 Å². The number of hydrogen-bond acceptors (Lipinski definition) is 4. The molecule has 2 N–H and O–H groups in total. The number of anilines is 1. The van der Waals surface area contributed by atoms with Gasteiger partial charge in [-0.25, -0.2) is 9.37 Å². The standard InChI is InChI=1S/C19H22N2O.C5H9FO.C2H2/c1-5-13(2)15(4)11-20-19-14(3)9-17(12-21-19)16-7-6-8-18(22)10-16;1-4(6)5(2)7-3;1-2/h5-12,22H,1-4H3,(H,20,21);1-3H3;1-2H/b13-5+,15-11+;5-4-;. The fourth-order valence-corrected chi connectivity index (χ4v) is 2.23. The van der Waals surface area contributed by atoms with Gasteiger partial charge in [-0.2, -0.15) is 0 Å². The highest BCUT2D eigenvalue weighted by Crippen LogP contribution is 2.25. The number of methoxy groups -OCH3 is 1. The van der Waals surface area contributed by atoms with E-state index in [9.17, 15) is 9.50 Å². The molecule has 0 bridgehead atoms. The van der Waals surface area contributed by atoms with Crippen LogP contribution in [-0.4, -0.2) is 17.2 Å². The van der Waals surface area contributed by atoms with Crippen LogP contribution in [0.15, 0.2) is 71.5 Å². The maximum Gasteiger partial charge on any atom is 0.134 e. The average Bonchev–Trinajstić information content (AvgIpc) is 2.78. The zero-order valence-corrected chi connectivity index (χ0v) is 19.5. The lowest BCUT2D eigenvalue weighted by molar-refractivity contribution is 0.277. The van der Waals surface area contributed by atoms with Crippen molar-refractivity contribution in [3.63, 3.8) is 0 Å². The number of rotatable bonds is 5. The molecule has 0 unspecified atom stereocenters. The van der Waals surface area contributed by atoms with Gasteiger partial charge in [0.2, 0.25) is 0 Å². The lowest BCUT2D eigenvalue weighted by atomic mass is 10.1. The highest BCUT2D eigenvalue weighted by molar-refractivity contribution is 5.67. The summed E-state index contributed by atoms with van der Waals surface area (Å²) in [6.45, 7) is 11.1. The Labute approximate surface area is 186 Å². The number of pyridine rings is 1. The minimum atomic E-state index is -0.262. The van der Waals surface area contributed by atoms with Crippen LogP contribution in [0.2, 0.25) is 0 Å². The molecule has 1 aromatic heterocycles. The fourth-order valence-electron chi connectivity index (χ4n) is 2.23. The lowest BCUT2D eigenvalue weighted by Gasteiger charge is -2.09. The zero-order chi connectivity index (χ0) is 24.0. The normalized spacial score (nSPS) is 11.8. The highest BCUT2D eigenvalue weighted by atomic mass is 19.1. The summed E-state index contributed by atoms with van der Waals surface area (Å²) in [5.41, 5.74) is 5.42. The Balaban J connectivity index is 0.000000852. The average molecular weight is 425 g/mol. The first kappa shape index (κ1) is 27.5. The third-order valence-electron chi connectivity index (χ3n) is 4.53. The molecule has 5 heteroatoms. The minimum absolute atomic E-state index is 0.262. The number of phenols is 1. The minimum Gasteiger partial charge on any atom is -0.508 e. The number of nitrogens with one attached hydrogen (secondary N) is 1. The number of aromatic nitrogens is 1. The quantitative estimate of drug-likeness (QED) is 0.304. The molecule has 0 aliphatic heterocycles. The van der Waals surface area contributed by atoms with Gasteiger partial charge in [0.05, 0.1) is 7.11 Å². The Hall–Kier alpha value is -3.52. The first-order chi connectivity index (χ1) is 14.7. The van der Waals surface area contributed by atoms with Crippen molar-refractivity contribution in [2.75, 3.05) is 12.4 Å². The molecule has 166 valence electrons. The van der Waals surface area contributed by atoms with E-state index in [1.807, 2.05) is 38.4 Å². The number of nitrogens with zero attached hydrogens (tertiary/aromatic N) is 1. The van der Waals surface area contributed by atoms with E-state index in [0.29, 0.717) is 5.76 Å². The molecule has 0 aliphatic rings. The van der Waals surface area contributed by atoms with Crippen molar-refractivity contribution in [2.45, 2.75) is 41.5 Å². The summed E-state index contributed by atoms with van der Waals surface area (Å²) in [5, 5.41) is 12.8. The summed E-state index contributed by atoms with van der Waals surface area (Å²) >= 11 is 0. The van der Waals surface area contributed by atoms with E-state index < -0.39 is 0 Å². The van der Waals surface area contributed by atoms with E-state index in [2.05, 4.69) is 53.9 Å². The molecule has 0 radical (unpaired) electrons. The van der Waals surface area contributed by atoms with Gasteiger partial charge in [-0.1, -0.05) is 23.8 Å². The molecule has 0 saturated heterocycles. The second kappa shape index (κ2) is 14.5. The maximum atomic E-state index is 11.8. The van der Waals surface area contributed by atoms with Crippen LogP contribution in [-0.2, 0) is 4.74 Å². The maximum absolute atomic E-state index is 11.8. The Kier molecular flexibility index (Phi) is 12.8.